The van der Waals surface area contributed by atoms with E-state index in [0.717, 1.165) is 0 Å². The quantitative estimate of drug-likeness (QED) is 0.178. The van der Waals surface area contributed by atoms with E-state index < -0.39 is 0 Å². The van der Waals surface area contributed by atoms with Gasteiger partial charge in [0, 0.05) is 27.3 Å². The SMILES string of the molecule is C1=CC2C(C=C1)C1(c3ccccc3)c3ccccc3C2(c2ccccc2)C2C=CC(c3cccc(-n4c5ccccc5c5ccccc54)c3)=CC21. The van der Waals surface area contributed by atoms with Crippen LogP contribution in [0.4, 0.5) is 0 Å². The summed E-state index contributed by atoms with van der Waals surface area (Å²) in [5.74, 6) is 1.13. The molecule has 0 amide bonds. The van der Waals surface area contributed by atoms with Crippen molar-refractivity contribution >= 4 is 27.4 Å². The highest BCUT2D eigenvalue weighted by molar-refractivity contribution is 6.09. The lowest BCUT2D eigenvalue weighted by molar-refractivity contribution is 0.0281. The highest BCUT2D eigenvalue weighted by Gasteiger charge is 2.70. The molecule has 0 radical (unpaired) electrons. The van der Waals surface area contributed by atoms with Crippen molar-refractivity contribution in [3.05, 3.63) is 228 Å². The second kappa shape index (κ2) is 10.8. The molecule has 6 aromatic carbocycles. The predicted molar refractivity (Wildman–Crippen MR) is 211 cm³/mol. The number of nitrogens with zero attached hydrogens (tertiary/aromatic N) is 1. The van der Waals surface area contributed by atoms with Crippen LogP contribution in [0.3, 0.4) is 0 Å². The fraction of sp³-hybridized carbons (Fsp3) is 0.120. The molecule has 1 saturated carbocycles. The zero-order valence-corrected chi connectivity index (χ0v) is 28.3. The van der Waals surface area contributed by atoms with Gasteiger partial charge < -0.3 is 4.57 Å². The molecule has 6 unspecified atom stereocenters. The molecule has 0 spiro atoms. The van der Waals surface area contributed by atoms with E-state index >= 15 is 0 Å². The molecule has 1 heteroatoms. The summed E-state index contributed by atoms with van der Waals surface area (Å²) in [5, 5.41) is 2.57. The molecule has 0 N–H and O–H groups in total. The Morgan fingerprint density at radius 1 is 0.431 bits per heavy atom. The predicted octanol–water partition coefficient (Wildman–Crippen LogP) is 11.6. The van der Waals surface area contributed by atoms with Gasteiger partial charge in [-0.1, -0.05) is 176 Å². The van der Waals surface area contributed by atoms with E-state index in [4.69, 9.17) is 0 Å². The van der Waals surface area contributed by atoms with Gasteiger partial charge >= 0.3 is 0 Å². The molecule has 0 saturated heterocycles. The van der Waals surface area contributed by atoms with Gasteiger partial charge in [-0.05, 0) is 81.3 Å². The Morgan fingerprint density at radius 2 is 0.941 bits per heavy atom. The van der Waals surface area contributed by atoms with Crippen LogP contribution in [0.5, 0.6) is 0 Å². The number of hydrogen-bond acceptors (Lipinski definition) is 0. The largest absolute Gasteiger partial charge is 0.309 e. The zero-order chi connectivity index (χ0) is 33.6. The van der Waals surface area contributed by atoms with Crippen LogP contribution in [0.2, 0.25) is 0 Å². The Labute approximate surface area is 299 Å². The average Bonchev–Trinajstić information content (AvgIpc) is 3.55. The molecule has 5 aliphatic carbocycles. The second-order valence-corrected chi connectivity index (χ2v) is 14.8. The van der Waals surface area contributed by atoms with E-state index in [1.165, 1.54) is 60.9 Å². The first-order valence-electron chi connectivity index (χ1n) is 18.4. The monoisotopic (exact) mass is 651 g/mol. The van der Waals surface area contributed by atoms with Crippen LogP contribution in [-0.4, -0.2) is 4.57 Å². The molecule has 12 rings (SSSR count). The normalized spacial score (nSPS) is 26.9. The van der Waals surface area contributed by atoms with Crippen molar-refractivity contribution in [2.24, 2.45) is 23.7 Å². The highest BCUT2D eigenvalue weighted by Crippen LogP contribution is 2.72. The number of aromatic nitrogens is 1. The molecule has 2 bridgehead atoms. The van der Waals surface area contributed by atoms with Gasteiger partial charge in [0.1, 0.15) is 0 Å². The van der Waals surface area contributed by atoms with Gasteiger partial charge in [0.15, 0.2) is 0 Å². The van der Waals surface area contributed by atoms with Crippen molar-refractivity contribution in [2.45, 2.75) is 10.8 Å². The van der Waals surface area contributed by atoms with Crippen LogP contribution < -0.4 is 0 Å². The van der Waals surface area contributed by atoms with Crippen LogP contribution in [-0.2, 0) is 10.8 Å². The summed E-state index contributed by atoms with van der Waals surface area (Å²) in [6.45, 7) is 0. The maximum absolute atomic E-state index is 2.67. The second-order valence-electron chi connectivity index (χ2n) is 14.8. The van der Waals surface area contributed by atoms with Crippen LogP contribution >= 0.6 is 0 Å². The first-order chi connectivity index (χ1) is 25.3. The Balaban J connectivity index is 1.17. The van der Waals surface area contributed by atoms with E-state index in [9.17, 15) is 0 Å². The molecule has 242 valence electrons. The summed E-state index contributed by atoms with van der Waals surface area (Å²) < 4.78 is 2.43. The minimum atomic E-state index is -0.231. The van der Waals surface area contributed by atoms with Gasteiger partial charge in [-0.2, -0.15) is 0 Å². The van der Waals surface area contributed by atoms with Gasteiger partial charge in [-0.15, -0.1) is 0 Å². The summed E-state index contributed by atoms with van der Waals surface area (Å²) in [5.41, 5.74) is 11.6. The van der Waals surface area contributed by atoms with E-state index in [-0.39, 0.29) is 22.7 Å². The van der Waals surface area contributed by atoms with Crippen LogP contribution in [0.15, 0.2) is 200 Å². The maximum Gasteiger partial charge on any atom is 0.0541 e. The molecule has 0 aliphatic heterocycles. The number of rotatable bonds is 4. The third kappa shape index (κ3) is 3.71. The minimum absolute atomic E-state index is 0.200. The van der Waals surface area contributed by atoms with Gasteiger partial charge in [-0.25, -0.2) is 0 Å². The van der Waals surface area contributed by atoms with E-state index in [1.54, 1.807) is 0 Å². The van der Waals surface area contributed by atoms with Gasteiger partial charge in [-0.3, -0.25) is 0 Å². The maximum atomic E-state index is 2.67. The molecular weight excluding hydrogens is 615 g/mol. The molecule has 5 aliphatic rings. The lowest BCUT2D eigenvalue weighted by atomic mass is 9.33. The fourth-order valence-corrected chi connectivity index (χ4v) is 11.1. The number of hydrogen-bond donors (Lipinski definition) is 0. The molecule has 6 atom stereocenters. The van der Waals surface area contributed by atoms with Crippen molar-refractivity contribution in [3.63, 3.8) is 0 Å². The molecule has 1 aromatic heterocycles. The lowest BCUT2D eigenvalue weighted by Gasteiger charge is -2.69. The Bertz CT molecular complexity index is 2560. The Kier molecular flexibility index (Phi) is 6.11. The Hall–Kier alpha value is -5.92. The lowest BCUT2D eigenvalue weighted by Crippen LogP contribution is -2.67. The first-order valence-corrected chi connectivity index (χ1v) is 18.4. The standard InChI is InChI=1S/C50H37N/c1-3-17-36(18-4-1)49-41-24-9-11-26-43(41)50(37-19-5-2-6-20-37,44-27-12-10-25-42(44)49)46-33-35(30-31-45(46)49)34-16-15-21-38(32-34)51-47-28-13-7-22-39(47)40-23-8-14-29-48(40)51/h1-33,41,43,45-46H. The molecule has 1 heterocycles. The third-order valence-electron chi connectivity index (χ3n) is 12.8. The fourth-order valence-electron chi connectivity index (χ4n) is 11.1. The Morgan fingerprint density at radius 3 is 1.55 bits per heavy atom. The van der Waals surface area contributed by atoms with Gasteiger partial charge in [0.05, 0.1) is 11.0 Å². The van der Waals surface area contributed by atoms with Crippen molar-refractivity contribution in [3.8, 4) is 5.69 Å². The van der Waals surface area contributed by atoms with Crippen LogP contribution in [0, 0.1) is 23.7 Å². The van der Waals surface area contributed by atoms with Crippen molar-refractivity contribution in [1.29, 1.82) is 0 Å². The number of allylic oxidation sites excluding steroid dienone is 8. The summed E-state index contributed by atoms with van der Waals surface area (Å²) in [4.78, 5) is 0. The van der Waals surface area contributed by atoms with Crippen LogP contribution in [0.25, 0.3) is 33.1 Å². The molecular formula is C50H37N. The number of para-hydroxylation sites is 2. The summed E-state index contributed by atoms with van der Waals surface area (Å²) in [6.07, 6.45) is 17.4. The minimum Gasteiger partial charge on any atom is -0.309 e. The van der Waals surface area contributed by atoms with E-state index in [0.29, 0.717) is 11.8 Å². The summed E-state index contributed by atoms with van der Waals surface area (Å²) >= 11 is 0. The third-order valence-corrected chi connectivity index (χ3v) is 12.8. The van der Waals surface area contributed by atoms with Crippen molar-refractivity contribution < 1.29 is 0 Å². The molecule has 7 aromatic rings. The zero-order valence-electron chi connectivity index (χ0n) is 28.3. The van der Waals surface area contributed by atoms with Crippen molar-refractivity contribution in [1.82, 2.24) is 4.57 Å². The first kappa shape index (κ1) is 28.9. The van der Waals surface area contributed by atoms with E-state index in [1.807, 2.05) is 0 Å². The summed E-state index contributed by atoms with van der Waals surface area (Å²) in [6, 6.07) is 59.1. The molecule has 1 fully saturated rings. The highest BCUT2D eigenvalue weighted by atomic mass is 15.0. The average molecular weight is 652 g/mol. The number of benzene rings is 6. The molecule has 1 nitrogen and oxygen atoms in total. The van der Waals surface area contributed by atoms with Gasteiger partial charge in [0.2, 0.25) is 0 Å². The topological polar surface area (TPSA) is 4.93 Å². The van der Waals surface area contributed by atoms with Gasteiger partial charge in [0.25, 0.3) is 0 Å². The number of fused-ring (bicyclic) bond motifs is 3. The summed E-state index contributed by atoms with van der Waals surface area (Å²) in [7, 11) is 0. The molecule has 51 heavy (non-hydrogen) atoms. The van der Waals surface area contributed by atoms with Crippen LogP contribution in [0.1, 0.15) is 27.8 Å². The van der Waals surface area contributed by atoms with Crippen molar-refractivity contribution in [2.75, 3.05) is 0 Å². The van der Waals surface area contributed by atoms with E-state index in [2.05, 4.69) is 205 Å². The smallest absolute Gasteiger partial charge is 0.0541 e.